The van der Waals surface area contributed by atoms with Crippen LogP contribution >= 0.6 is 12.2 Å². The normalized spacial score (nSPS) is 10.8. The summed E-state index contributed by atoms with van der Waals surface area (Å²) in [4.78, 5) is 4.38. The number of nitrogens with zero attached hydrogens (tertiary/aromatic N) is 2. The molecule has 1 rings (SSSR count). The third-order valence-electron chi connectivity index (χ3n) is 2.99. The lowest BCUT2D eigenvalue weighted by Gasteiger charge is -2.24. The van der Waals surface area contributed by atoms with Crippen molar-refractivity contribution in [1.82, 2.24) is 4.90 Å². The monoisotopic (exact) mass is 283 g/mol. The molecular weight excluding hydrogens is 261 g/mol. The van der Waals surface area contributed by atoms with Crippen LogP contribution in [0.2, 0.25) is 0 Å². The Hall–Kier alpha value is -1.20. The highest BCUT2D eigenvalue weighted by molar-refractivity contribution is 7.80. The molecule has 2 N–H and O–H groups in total. The van der Waals surface area contributed by atoms with Gasteiger partial charge in [0.25, 0.3) is 0 Å². The molecule has 0 aliphatic heterocycles. The molecule has 0 bridgehead atoms. The molecule has 3 nitrogen and oxygen atoms in total. The Labute approximate surface area is 120 Å². The molecule has 0 atom stereocenters. The molecule has 0 radical (unpaired) electrons. The van der Waals surface area contributed by atoms with Crippen LogP contribution in [0.5, 0.6) is 0 Å². The van der Waals surface area contributed by atoms with E-state index < -0.39 is 0 Å². The molecule has 106 valence electrons. The fourth-order valence-corrected chi connectivity index (χ4v) is 2.07. The first-order valence-corrected chi connectivity index (χ1v) is 6.85. The predicted octanol–water partition coefficient (Wildman–Crippen LogP) is 2.24. The van der Waals surface area contributed by atoms with E-state index in [1.807, 2.05) is 25.9 Å². The van der Waals surface area contributed by atoms with Gasteiger partial charge in [-0.15, -0.1) is 0 Å². The number of benzene rings is 1. The van der Waals surface area contributed by atoms with Crippen LogP contribution in [0.1, 0.15) is 18.9 Å². The van der Waals surface area contributed by atoms with E-state index in [0.29, 0.717) is 11.3 Å². The van der Waals surface area contributed by atoms with Crippen molar-refractivity contribution in [3.63, 3.8) is 0 Å². The molecule has 0 saturated carbocycles. The van der Waals surface area contributed by atoms with Gasteiger partial charge in [0.2, 0.25) is 0 Å². The zero-order valence-electron chi connectivity index (χ0n) is 11.8. The van der Waals surface area contributed by atoms with Crippen LogP contribution in [0.25, 0.3) is 0 Å². The minimum atomic E-state index is -0.267. The van der Waals surface area contributed by atoms with Gasteiger partial charge in [-0.1, -0.05) is 12.2 Å². The van der Waals surface area contributed by atoms with Crippen molar-refractivity contribution in [3.05, 3.63) is 29.6 Å². The number of anilines is 1. The summed E-state index contributed by atoms with van der Waals surface area (Å²) in [5, 5.41) is 0. The zero-order valence-corrected chi connectivity index (χ0v) is 12.6. The van der Waals surface area contributed by atoms with E-state index in [2.05, 4.69) is 4.90 Å². The van der Waals surface area contributed by atoms with E-state index >= 15 is 0 Å². The van der Waals surface area contributed by atoms with E-state index in [4.69, 9.17) is 18.0 Å². The highest BCUT2D eigenvalue weighted by Crippen LogP contribution is 2.20. The molecule has 0 aliphatic rings. The summed E-state index contributed by atoms with van der Waals surface area (Å²) in [5.41, 5.74) is 6.68. The van der Waals surface area contributed by atoms with Gasteiger partial charge in [0, 0.05) is 18.7 Å². The van der Waals surface area contributed by atoms with Crippen LogP contribution in [-0.2, 0) is 0 Å². The Morgan fingerprint density at radius 3 is 2.47 bits per heavy atom. The Balaban J connectivity index is 2.78. The maximum absolute atomic E-state index is 14.1. The first kappa shape index (κ1) is 15.9. The summed E-state index contributed by atoms with van der Waals surface area (Å²) < 4.78 is 14.1. The van der Waals surface area contributed by atoms with E-state index in [1.54, 1.807) is 12.1 Å². The fraction of sp³-hybridized carbons (Fsp3) is 0.500. The molecule has 0 aromatic heterocycles. The van der Waals surface area contributed by atoms with Crippen molar-refractivity contribution in [1.29, 1.82) is 0 Å². The van der Waals surface area contributed by atoms with Gasteiger partial charge in [0.15, 0.2) is 0 Å². The highest BCUT2D eigenvalue weighted by atomic mass is 32.1. The highest BCUT2D eigenvalue weighted by Gasteiger charge is 2.11. The molecule has 5 heteroatoms. The van der Waals surface area contributed by atoms with Gasteiger partial charge in [-0.25, -0.2) is 4.39 Å². The number of hydrogen-bond acceptors (Lipinski definition) is 3. The summed E-state index contributed by atoms with van der Waals surface area (Å²) in [7, 11) is 4.07. The minimum Gasteiger partial charge on any atom is -0.389 e. The summed E-state index contributed by atoms with van der Waals surface area (Å²) in [5.74, 6) is -0.267. The largest absolute Gasteiger partial charge is 0.389 e. The molecule has 0 amide bonds. The quantitative estimate of drug-likeness (QED) is 0.778. The maximum Gasteiger partial charge on any atom is 0.147 e. The number of rotatable bonds is 7. The van der Waals surface area contributed by atoms with Crippen molar-refractivity contribution in [2.45, 2.75) is 13.3 Å². The molecule has 0 spiro atoms. The maximum atomic E-state index is 14.1. The molecule has 1 aromatic carbocycles. The topological polar surface area (TPSA) is 32.5 Å². The van der Waals surface area contributed by atoms with Crippen LogP contribution in [0.3, 0.4) is 0 Å². The molecular formula is C14H22FN3S. The average molecular weight is 283 g/mol. The fourth-order valence-electron chi connectivity index (χ4n) is 1.94. The number of hydrogen-bond donors (Lipinski definition) is 1. The van der Waals surface area contributed by atoms with Gasteiger partial charge >= 0.3 is 0 Å². The molecule has 19 heavy (non-hydrogen) atoms. The van der Waals surface area contributed by atoms with Crippen LogP contribution in [0.15, 0.2) is 18.2 Å². The molecule has 1 aromatic rings. The third kappa shape index (κ3) is 4.76. The standard InChI is InChI=1S/C14H22FN3S/c1-4-18(9-5-8-17(2)3)13-7-6-11(14(16)19)10-12(13)15/h6-7,10H,4-5,8-9H2,1-3H3,(H2,16,19). The number of thiocarbonyl (C=S) groups is 1. The lowest BCUT2D eigenvalue weighted by atomic mass is 10.1. The van der Waals surface area contributed by atoms with Crippen LogP contribution < -0.4 is 10.6 Å². The molecule has 0 fully saturated rings. The van der Waals surface area contributed by atoms with E-state index in [9.17, 15) is 4.39 Å². The van der Waals surface area contributed by atoms with Crippen molar-refractivity contribution in [3.8, 4) is 0 Å². The minimum absolute atomic E-state index is 0.223. The smallest absolute Gasteiger partial charge is 0.147 e. The van der Waals surface area contributed by atoms with Gasteiger partial charge < -0.3 is 15.5 Å². The number of nitrogens with two attached hydrogens (primary N) is 1. The summed E-state index contributed by atoms with van der Waals surface area (Å²) in [6, 6.07) is 4.94. The Kier molecular flexibility index (Phi) is 6.18. The Bertz CT molecular complexity index is 435. The second-order valence-corrected chi connectivity index (χ2v) is 5.21. The van der Waals surface area contributed by atoms with Gasteiger partial charge in [-0.3, -0.25) is 0 Å². The number of halogens is 1. The summed E-state index contributed by atoms with van der Waals surface area (Å²) in [6.45, 7) is 4.62. The van der Waals surface area contributed by atoms with Gasteiger partial charge in [-0.2, -0.15) is 0 Å². The van der Waals surface area contributed by atoms with Gasteiger partial charge in [-0.05, 0) is 52.2 Å². The molecule has 0 heterocycles. The molecule has 0 saturated heterocycles. The second kappa shape index (κ2) is 7.40. The Morgan fingerprint density at radius 2 is 2.00 bits per heavy atom. The van der Waals surface area contributed by atoms with Gasteiger partial charge in [0.1, 0.15) is 10.8 Å². The second-order valence-electron chi connectivity index (χ2n) is 4.77. The van der Waals surface area contributed by atoms with E-state index in [1.165, 1.54) is 6.07 Å². The SMILES string of the molecule is CCN(CCCN(C)C)c1ccc(C(N)=S)cc1F. The van der Waals surface area contributed by atoms with Gasteiger partial charge in [0.05, 0.1) is 5.69 Å². The third-order valence-corrected chi connectivity index (χ3v) is 3.22. The van der Waals surface area contributed by atoms with Crippen molar-refractivity contribution in [2.75, 3.05) is 38.6 Å². The van der Waals surface area contributed by atoms with Crippen LogP contribution in [0.4, 0.5) is 10.1 Å². The first-order valence-electron chi connectivity index (χ1n) is 6.44. The zero-order chi connectivity index (χ0) is 14.4. The lowest BCUT2D eigenvalue weighted by Crippen LogP contribution is -2.28. The molecule has 0 unspecified atom stereocenters. The predicted molar refractivity (Wildman–Crippen MR) is 83.3 cm³/mol. The summed E-state index contributed by atoms with van der Waals surface area (Å²) >= 11 is 4.85. The lowest BCUT2D eigenvalue weighted by molar-refractivity contribution is 0.400. The molecule has 0 aliphatic carbocycles. The Morgan fingerprint density at radius 1 is 1.32 bits per heavy atom. The van der Waals surface area contributed by atoms with Crippen LogP contribution in [-0.4, -0.2) is 43.6 Å². The average Bonchev–Trinajstić information content (AvgIpc) is 2.34. The van der Waals surface area contributed by atoms with Crippen molar-refractivity contribution in [2.24, 2.45) is 5.73 Å². The summed E-state index contributed by atoms with van der Waals surface area (Å²) in [6.07, 6.45) is 0.997. The van der Waals surface area contributed by atoms with E-state index in [0.717, 1.165) is 26.1 Å². The van der Waals surface area contributed by atoms with Crippen molar-refractivity contribution >= 4 is 22.9 Å². The van der Waals surface area contributed by atoms with E-state index in [-0.39, 0.29) is 10.8 Å². The first-order chi connectivity index (χ1) is 8.95. The van der Waals surface area contributed by atoms with Crippen molar-refractivity contribution < 1.29 is 4.39 Å². The van der Waals surface area contributed by atoms with Crippen LogP contribution in [0, 0.1) is 5.82 Å².